The van der Waals surface area contributed by atoms with Crippen molar-refractivity contribution in [3.63, 3.8) is 0 Å². The highest BCUT2D eigenvalue weighted by molar-refractivity contribution is 5.77. The Morgan fingerprint density at radius 2 is 1.93 bits per heavy atom. The lowest BCUT2D eigenvalue weighted by molar-refractivity contribution is -0.144. The Balaban J connectivity index is 1.46. The molecule has 0 amide bonds. The van der Waals surface area contributed by atoms with E-state index in [1.54, 1.807) is 13.8 Å². The normalized spacial score (nSPS) is 23.0. The first-order valence-electron chi connectivity index (χ1n) is 9.40. The van der Waals surface area contributed by atoms with E-state index in [4.69, 9.17) is 9.47 Å². The Kier molecular flexibility index (Phi) is 4.62. The second-order valence-electron chi connectivity index (χ2n) is 7.27. The number of esters is 1. The number of carbonyl (C=O) groups is 1. The molecule has 0 spiro atoms. The summed E-state index contributed by atoms with van der Waals surface area (Å²) >= 11 is 0. The fourth-order valence-electron chi connectivity index (χ4n) is 4.03. The smallest absolute Gasteiger partial charge is 0.309 e. The van der Waals surface area contributed by atoms with Gasteiger partial charge in [0.05, 0.1) is 12.5 Å². The van der Waals surface area contributed by atoms with Gasteiger partial charge in [-0.2, -0.15) is 0 Å². The van der Waals surface area contributed by atoms with Crippen molar-refractivity contribution in [1.82, 2.24) is 0 Å². The molecule has 3 unspecified atom stereocenters. The summed E-state index contributed by atoms with van der Waals surface area (Å²) in [5.41, 5.74) is 2.79. The zero-order chi connectivity index (χ0) is 19.1. The van der Waals surface area contributed by atoms with Crippen LogP contribution < -0.4 is 4.74 Å². The van der Waals surface area contributed by atoms with Gasteiger partial charge in [-0.05, 0) is 67.9 Å². The molecule has 0 aromatic heterocycles. The Labute approximate surface area is 157 Å². The number of hydrogen-bond acceptors (Lipinski definition) is 3. The van der Waals surface area contributed by atoms with Crippen LogP contribution in [0.2, 0.25) is 0 Å². The average molecular weight is 372 g/mol. The number of hydrogen-bond donors (Lipinski definition) is 0. The second kappa shape index (κ2) is 6.95. The van der Waals surface area contributed by atoms with Gasteiger partial charge in [0.25, 0.3) is 0 Å². The number of carbonyl (C=O) groups excluding carboxylic acids is 1. The summed E-state index contributed by atoms with van der Waals surface area (Å²) in [5, 5.41) is 0. The van der Waals surface area contributed by atoms with Gasteiger partial charge in [0, 0.05) is 11.6 Å². The molecule has 1 saturated carbocycles. The van der Waals surface area contributed by atoms with Crippen LogP contribution in [0.4, 0.5) is 8.78 Å². The third-order valence-corrected chi connectivity index (χ3v) is 5.59. The number of halogens is 2. The maximum Gasteiger partial charge on any atom is 0.309 e. The Morgan fingerprint density at radius 1 is 1.19 bits per heavy atom. The van der Waals surface area contributed by atoms with Crippen LogP contribution in [0.15, 0.2) is 30.3 Å². The van der Waals surface area contributed by atoms with E-state index in [1.165, 1.54) is 0 Å². The van der Waals surface area contributed by atoms with Crippen LogP contribution in [0.5, 0.6) is 5.75 Å². The van der Waals surface area contributed by atoms with Gasteiger partial charge in [0.15, 0.2) is 0 Å². The molecule has 3 atom stereocenters. The van der Waals surface area contributed by atoms with Crippen molar-refractivity contribution in [1.29, 1.82) is 0 Å². The molecule has 0 saturated heterocycles. The van der Waals surface area contributed by atoms with Gasteiger partial charge in [-0.15, -0.1) is 0 Å². The minimum Gasteiger partial charge on any atom is -0.486 e. The van der Waals surface area contributed by atoms with E-state index in [-0.39, 0.29) is 17.8 Å². The molecule has 0 bridgehead atoms. The van der Waals surface area contributed by atoms with E-state index >= 15 is 0 Å². The lowest BCUT2D eigenvalue weighted by Crippen LogP contribution is -2.07. The third kappa shape index (κ3) is 3.31. The van der Waals surface area contributed by atoms with E-state index in [1.807, 2.05) is 24.3 Å². The van der Waals surface area contributed by atoms with Crippen LogP contribution in [-0.4, -0.2) is 12.6 Å². The first-order chi connectivity index (χ1) is 13.0. The molecule has 27 heavy (non-hydrogen) atoms. The van der Waals surface area contributed by atoms with E-state index in [0.717, 1.165) is 23.6 Å². The highest BCUT2D eigenvalue weighted by Crippen LogP contribution is 2.48. The van der Waals surface area contributed by atoms with Gasteiger partial charge in [0.1, 0.15) is 23.5 Å². The standard InChI is InChI=1S/C22H22F2O3/c1-3-26-22(25)17-10-16(17)13-4-6-14(7-5-13)27-20-9-8-15-12(2)18(23)11-19(24)21(15)20/h4-7,11,16-17,20H,3,8-10H2,1-2H3. The summed E-state index contributed by atoms with van der Waals surface area (Å²) in [4.78, 5) is 11.8. The molecular weight excluding hydrogens is 350 g/mol. The molecule has 4 rings (SSSR count). The van der Waals surface area contributed by atoms with Gasteiger partial charge < -0.3 is 9.47 Å². The Hall–Kier alpha value is -2.43. The van der Waals surface area contributed by atoms with Crippen LogP contribution in [0.25, 0.3) is 0 Å². The maximum atomic E-state index is 14.3. The largest absolute Gasteiger partial charge is 0.486 e. The maximum absolute atomic E-state index is 14.3. The van der Waals surface area contributed by atoms with Crippen molar-refractivity contribution in [2.75, 3.05) is 6.61 Å². The predicted octanol–water partition coefficient (Wildman–Crippen LogP) is 5.01. The molecular formula is C22H22F2O3. The predicted molar refractivity (Wildman–Crippen MR) is 96.7 cm³/mol. The highest BCUT2D eigenvalue weighted by Gasteiger charge is 2.45. The number of rotatable bonds is 5. The summed E-state index contributed by atoms with van der Waals surface area (Å²) in [6.07, 6.45) is 1.65. The van der Waals surface area contributed by atoms with Crippen molar-refractivity contribution in [3.05, 3.63) is 64.2 Å². The molecule has 2 aromatic rings. The van der Waals surface area contributed by atoms with Gasteiger partial charge in [-0.3, -0.25) is 4.79 Å². The summed E-state index contributed by atoms with van der Waals surface area (Å²) in [6.45, 7) is 3.89. The lowest BCUT2D eigenvalue weighted by atomic mass is 10.0. The molecule has 2 aliphatic carbocycles. The molecule has 0 aliphatic heterocycles. The molecule has 0 N–H and O–H groups in total. The minimum atomic E-state index is -0.539. The van der Waals surface area contributed by atoms with Gasteiger partial charge >= 0.3 is 5.97 Å². The number of fused-ring (bicyclic) bond motifs is 1. The minimum absolute atomic E-state index is 0.0506. The summed E-state index contributed by atoms with van der Waals surface area (Å²) in [5.74, 6) is -0.382. The van der Waals surface area contributed by atoms with Crippen molar-refractivity contribution in [3.8, 4) is 5.75 Å². The molecule has 3 nitrogen and oxygen atoms in total. The van der Waals surface area contributed by atoms with Crippen molar-refractivity contribution < 1.29 is 23.0 Å². The fourth-order valence-corrected chi connectivity index (χ4v) is 4.03. The Morgan fingerprint density at radius 3 is 2.63 bits per heavy atom. The zero-order valence-electron chi connectivity index (χ0n) is 15.4. The SMILES string of the molecule is CCOC(=O)C1CC1c1ccc(OC2CCc3c(C)c(F)cc(F)c32)cc1. The van der Waals surface area contributed by atoms with Gasteiger partial charge in [-0.1, -0.05) is 12.1 Å². The van der Waals surface area contributed by atoms with Crippen molar-refractivity contribution >= 4 is 5.97 Å². The average Bonchev–Trinajstić information content (AvgIpc) is 3.34. The van der Waals surface area contributed by atoms with Crippen LogP contribution in [0, 0.1) is 24.5 Å². The first-order valence-corrected chi connectivity index (χ1v) is 9.40. The topological polar surface area (TPSA) is 35.5 Å². The molecule has 0 radical (unpaired) electrons. The van der Waals surface area contributed by atoms with E-state index in [0.29, 0.717) is 36.3 Å². The molecule has 2 aromatic carbocycles. The molecule has 1 fully saturated rings. The number of ether oxygens (including phenoxy) is 2. The summed E-state index contributed by atoms with van der Waals surface area (Å²) in [7, 11) is 0. The summed E-state index contributed by atoms with van der Waals surface area (Å²) < 4.78 is 39.1. The van der Waals surface area contributed by atoms with E-state index < -0.39 is 17.7 Å². The van der Waals surface area contributed by atoms with E-state index in [2.05, 4.69) is 0 Å². The van der Waals surface area contributed by atoms with Crippen LogP contribution in [-0.2, 0) is 16.0 Å². The van der Waals surface area contributed by atoms with E-state index in [9.17, 15) is 13.6 Å². The highest BCUT2D eigenvalue weighted by atomic mass is 19.1. The van der Waals surface area contributed by atoms with Crippen LogP contribution in [0.1, 0.15) is 54.0 Å². The van der Waals surface area contributed by atoms with Crippen LogP contribution >= 0.6 is 0 Å². The van der Waals surface area contributed by atoms with Crippen molar-refractivity contribution in [2.24, 2.45) is 5.92 Å². The molecule has 5 heteroatoms. The zero-order valence-corrected chi connectivity index (χ0v) is 15.4. The second-order valence-corrected chi connectivity index (χ2v) is 7.27. The number of benzene rings is 2. The van der Waals surface area contributed by atoms with Gasteiger partial charge in [-0.25, -0.2) is 8.78 Å². The quantitative estimate of drug-likeness (QED) is 0.693. The lowest BCUT2D eigenvalue weighted by Gasteiger charge is -2.16. The Bertz CT molecular complexity index is 876. The van der Waals surface area contributed by atoms with Crippen molar-refractivity contribution in [2.45, 2.75) is 45.1 Å². The monoisotopic (exact) mass is 372 g/mol. The van der Waals surface area contributed by atoms with Gasteiger partial charge in [0.2, 0.25) is 0 Å². The molecule has 2 aliphatic rings. The molecule has 0 heterocycles. The van der Waals surface area contributed by atoms with Crippen LogP contribution in [0.3, 0.4) is 0 Å². The fraction of sp³-hybridized carbons (Fsp3) is 0.409. The third-order valence-electron chi connectivity index (χ3n) is 5.59. The first kappa shape index (κ1) is 18.0. The summed E-state index contributed by atoms with van der Waals surface area (Å²) in [6, 6.07) is 8.54. The molecule has 142 valence electrons.